The number of hydrogen-bond donors (Lipinski definition) is 0. The molecule has 1 aliphatic rings. The van der Waals surface area contributed by atoms with Crippen LogP contribution in [0, 0.1) is 0 Å². The second-order valence-corrected chi connectivity index (χ2v) is 14.9. The lowest BCUT2D eigenvalue weighted by molar-refractivity contribution is 0.918. The summed E-state index contributed by atoms with van der Waals surface area (Å²) in [6.45, 7) is 0. The first-order chi connectivity index (χ1) is 28.8. The average molecular weight is 745 g/mol. The first-order valence-electron chi connectivity index (χ1n) is 20.1. The summed E-state index contributed by atoms with van der Waals surface area (Å²) in [5.41, 5.74) is 13.9. The number of fused-ring (bicyclic) bond motifs is 7. The summed E-state index contributed by atoms with van der Waals surface area (Å²) in [5.74, 6) is 0. The molecular weight excluding hydrogens is 705 g/mol. The number of rotatable bonds is 8. The van der Waals surface area contributed by atoms with Crippen LogP contribution < -0.4 is 9.80 Å². The Balaban J connectivity index is 1.23. The largest absolute Gasteiger partial charge is 0.314 e. The monoisotopic (exact) mass is 744 g/mol. The van der Waals surface area contributed by atoms with Gasteiger partial charge in [0.15, 0.2) is 0 Å². The SMILES string of the molecule is C1=CCCC(N(c2ccccc2)c2ccc3c4c(ccc5c6ccccc6n(-c6ccccc6)c54)n(-c4cccc(N(c5ccccc5)c5ccccc5)c4)c3c2)=C1. The van der Waals surface area contributed by atoms with Gasteiger partial charge in [-0.15, -0.1) is 0 Å². The van der Waals surface area contributed by atoms with Gasteiger partial charge in [-0.05, 0) is 110 Å². The van der Waals surface area contributed by atoms with Gasteiger partial charge in [0.05, 0.1) is 22.1 Å². The van der Waals surface area contributed by atoms with Crippen LogP contribution >= 0.6 is 0 Å². The molecule has 8 aromatic carbocycles. The van der Waals surface area contributed by atoms with Crippen LogP contribution in [0.2, 0.25) is 0 Å². The fraction of sp³-hybridized carbons (Fsp3) is 0.0370. The van der Waals surface area contributed by atoms with E-state index in [1.807, 2.05) is 0 Å². The summed E-state index contributed by atoms with van der Waals surface area (Å²) < 4.78 is 4.94. The van der Waals surface area contributed by atoms with Crippen molar-refractivity contribution < 1.29 is 0 Å². The van der Waals surface area contributed by atoms with Crippen molar-refractivity contribution in [3.05, 3.63) is 224 Å². The highest BCUT2D eigenvalue weighted by Gasteiger charge is 2.24. The van der Waals surface area contributed by atoms with Crippen molar-refractivity contribution in [2.75, 3.05) is 9.80 Å². The minimum atomic E-state index is 0.973. The van der Waals surface area contributed by atoms with E-state index in [0.717, 1.165) is 63.7 Å². The van der Waals surface area contributed by atoms with Gasteiger partial charge in [-0.1, -0.05) is 121 Å². The molecule has 0 amide bonds. The van der Waals surface area contributed by atoms with Crippen LogP contribution in [-0.2, 0) is 0 Å². The van der Waals surface area contributed by atoms with Crippen molar-refractivity contribution in [2.45, 2.75) is 12.8 Å². The number of nitrogens with zero attached hydrogens (tertiary/aromatic N) is 4. The Morgan fingerprint density at radius 1 is 0.379 bits per heavy atom. The molecule has 4 nitrogen and oxygen atoms in total. The summed E-state index contributed by atoms with van der Waals surface area (Å²) in [6.07, 6.45) is 8.71. The van der Waals surface area contributed by atoms with Gasteiger partial charge in [-0.25, -0.2) is 0 Å². The Morgan fingerprint density at radius 2 is 0.966 bits per heavy atom. The number of hydrogen-bond acceptors (Lipinski definition) is 2. The third-order valence-corrected chi connectivity index (χ3v) is 11.5. The molecular formula is C54H40N4. The van der Waals surface area contributed by atoms with Crippen molar-refractivity contribution in [2.24, 2.45) is 0 Å². The van der Waals surface area contributed by atoms with E-state index in [1.54, 1.807) is 0 Å². The first kappa shape index (κ1) is 33.8. The summed E-state index contributed by atoms with van der Waals surface area (Å²) in [6, 6.07) is 72.4. The van der Waals surface area contributed by atoms with E-state index in [1.165, 1.54) is 38.3 Å². The minimum Gasteiger partial charge on any atom is -0.314 e. The number of aromatic nitrogens is 2. The predicted molar refractivity (Wildman–Crippen MR) is 245 cm³/mol. The predicted octanol–water partition coefficient (Wildman–Crippen LogP) is 14.7. The quantitative estimate of drug-likeness (QED) is 0.154. The maximum atomic E-state index is 2.48. The van der Waals surface area contributed by atoms with Crippen LogP contribution in [0.4, 0.5) is 28.4 Å². The molecule has 0 unspecified atom stereocenters. The van der Waals surface area contributed by atoms with Crippen LogP contribution in [0.25, 0.3) is 55.0 Å². The molecule has 276 valence electrons. The van der Waals surface area contributed by atoms with E-state index in [0.29, 0.717) is 0 Å². The van der Waals surface area contributed by atoms with Crippen LogP contribution in [-0.4, -0.2) is 9.13 Å². The van der Waals surface area contributed by atoms with Gasteiger partial charge in [-0.2, -0.15) is 0 Å². The summed E-state index contributed by atoms with van der Waals surface area (Å²) in [7, 11) is 0. The van der Waals surface area contributed by atoms with Crippen molar-refractivity contribution >= 4 is 72.0 Å². The zero-order valence-electron chi connectivity index (χ0n) is 32.0. The second-order valence-electron chi connectivity index (χ2n) is 14.9. The summed E-state index contributed by atoms with van der Waals surface area (Å²) in [4.78, 5) is 4.78. The number of para-hydroxylation sites is 5. The Bertz CT molecular complexity index is 3120. The van der Waals surface area contributed by atoms with E-state index in [4.69, 9.17) is 0 Å². The van der Waals surface area contributed by atoms with E-state index in [9.17, 15) is 0 Å². The highest BCUT2D eigenvalue weighted by atomic mass is 15.2. The third kappa shape index (κ3) is 5.61. The van der Waals surface area contributed by atoms with Crippen molar-refractivity contribution in [3.63, 3.8) is 0 Å². The van der Waals surface area contributed by atoms with Gasteiger partial charge in [0, 0.05) is 67.1 Å². The number of anilines is 5. The highest BCUT2D eigenvalue weighted by molar-refractivity contribution is 6.26. The zero-order chi connectivity index (χ0) is 38.4. The van der Waals surface area contributed by atoms with Crippen molar-refractivity contribution in [3.8, 4) is 11.4 Å². The maximum Gasteiger partial charge on any atom is 0.0641 e. The first-order valence-corrected chi connectivity index (χ1v) is 20.1. The lowest BCUT2D eigenvalue weighted by atomic mass is 10.1. The van der Waals surface area contributed by atoms with E-state index in [-0.39, 0.29) is 0 Å². The van der Waals surface area contributed by atoms with E-state index < -0.39 is 0 Å². The molecule has 2 heterocycles. The smallest absolute Gasteiger partial charge is 0.0641 e. The van der Waals surface area contributed by atoms with Gasteiger partial charge >= 0.3 is 0 Å². The third-order valence-electron chi connectivity index (χ3n) is 11.5. The molecule has 1 aliphatic carbocycles. The summed E-state index contributed by atoms with van der Waals surface area (Å²) in [5, 5.41) is 4.94. The van der Waals surface area contributed by atoms with Crippen LogP contribution in [0.1, 0.15) is 12.8 Å². The Hall–Kier alpha value is -7.56. The lowest BCUT2D eigenvalue weighted by Gasteiger charge is -2.29. The molecule has 0 fully saturated rings. The van der Waals surface area contributed by atoms with E-state index in [2.05, 4.69) is 237 Å². The number of allylic oxidation sites excluding steroid dienone is 4. The molecule has 2 aromatic heterocycles. The lowest BCUT2D eigenvalue weighted by Crippen LogP contribution is -2.17. The Kier molecular flexibility index (Phi) is 8.25. The topological polar surface area (TPSA) is 16.3 Å². The fourth-order valence-electron chi connectivity index (χ4n) is 9.01. The Labute approximate surface area is 338 Å². The molecule has 0 atom stereocenters. The van der Waals surface area contributed by atoms with Crippen LogP contribution in [0.3, 0.4) is 0 Å². The van der Waals surface area contributed by atoms with Gasteiger partial charge in [0.25, 0.3) is 0 Å². The van der Waals surface area contributed by atoms with Crippen molar-refractivity contribution in [1.82, 2.24) is 9.13 Å². The molecule has 0 spiro atoms. The van der Waals surface area contributed by atoms with Gasteiger partial charge in [0.2, 0.25) is 0 Å². The molecule has 0 N–H and O–H groups in total. The molecule has 0 aliphatic heterocycles. The van der Waals surface area contributed by atoms with Gasteiger partial charge in [-0.3, -0.25) is 0 Å². The van der Waals surface area contributed by atoms with Crippen molar-refractivity contribution in [1.29, 1.82) is 0 Å². The molecule has 58 heavy (non-hydrogen) atoms. The number of benzene rings is 8. The summed E-state index contributed by atoms with van der Waals surface area (Å²) >= 11 is 0. The standard InChI is InChI=1S/C54H40N4/c1-6-19-39(20-7-1)55(40-21-8-2-9-22-40)44-29-18-30-45(37-44)57-51-36-35-48-47-31-16-17-32-50(47)58(43-27-14-5-15-28-43)54(48)53(51)49-34-33-46(38-52(49)57)56(41-23-10-3-11-24-41)42-25-12-4-13-26-42/h1-12,14-25,27-38H,13,26H2. The van der Waals surface area contributed by atoms with Gasteiger partial charge < -0.3 is 18.9 Å². The van der Waals surface area contributed by atoms with Crippen LogP contribution in [0.5, 0.6) is 0 Å². The van der Waals surface area contributed by atoms with Gasteiger partial charge in [0.1, 0.15) is 0 Å². The normalized spacial score (nSPS) is 12.7. The zero-order valence-corrected chi connectivity index (χ0v) is 32.0. The Morgan fingerprint density at radius 3 is 1.66 bits per heavy atom. The highest BCUT2D eigenvalue weighted by Crippen LogP contribution is 2.45. The molecule has 0 saturated carbocycles. The molecule has 4 heteroatoms. The molecule has 0 saturated heterocycles. The second kappa shape index (κ2) is 14.2. The van der Waals surface area contributed by atoms with Crippen LogP contribution in [0.15, 0.2) is 224 Å². The average Bonchev–Trinajstić information content (AvgIpc) is 3.81. The fourth-order valence-corrected chi connectivity index (χ4v) is 9.01. The molecule has 0 bridgehead atoms. The molecule has 11 rings (SSSR count). The maximum absolute atomic E-state index is 2.48. The molecule has 0 radical (unpaired) electrons. The van der Waals surface area contributed by atoms with E-state index >= 15 is 0 Å². The minimum absolute atomic E-state index is 0.973. The molecule has 10 aromatic rings.